The van der Waals surface area contributed by atoms with Gasteiger partial charge in [0.05, 0.1) is 12.8 Å². The molecule has 0 saturated heterocycles. The summed E-state index contributed by atoms with van der Waals surface area (Å²) in [6.45, 7) is 4.70. The first-order chi connectivity index (χ1) is 9.63. The van der Waals surface area contributed by atoms with Gasteiger partial charge < -0.3 is 14.6 Å². The lowest BCUT2D eigenvalue weighted by atomic mass is 10.1. The number of hydrogen-bond donors (Lipinski definition) is 1. The molecule has 0 aliphatic heterocycles. The predicted molar refractivity (Wildman–Crippen MR) is 81.4 cm³/mol. The molecule has 1 aromatic heterocycles. The predicted octanol–water partition coefficient (Wildman–Crippen LogP) is 3.05. The molecule has 4 heteroatoms. The van der Waals surface area contributed by atoms with Gasteiger partial charge in [-0.1, -0.05) is 12.1 Å². The fraction of sp³-hybridized carbons (Fsp3) is 0.312. The molecular formula is C16H20N2O2. The van der Waals surface area contributed by atoms with Gasteiger partial charge >= 0.3 is 0 Å². The van der Waals surface area contributed by atoms with Crippen LogP contribution in [-0.2, 0) is 6.54 Å². The van der Waals surface area contributed by atoms with Crippen LogP contribution in [0.5, 0.6) is 5.75 Å². The quantitative estimate of drug-likeness (QED) is 0.909. The zero-order chi connectivity index (χ0) is 14.5. The van der Waals surface area contributed by atoms with Crippen LogP contribution in [0.4, 0.5) is 5.69 Å². The molecule has 0 bridgehead atoms. The van der Waals surface area contributed by atoms with E-state index in [1.54, 1.807) is 17.7 Å². The van der Waals surface area contributed by atoms with Crippen LogP contribution in [-0.4, -0.2) is 11.7 Å². The minimum atomic E-state index is 0.0204. The first-order valence-corrected chi connectivity index (χ1v) is 6.75. The van der Waals surface area contributed by atoms with Crippen molar-refractivity contribution in [3.8, 4) is 5.75 Å². The highest BCUT2D eigenvalue weighted by atomic mass is 16.5. The number of hydrogen-bond acceptors (Lipinski definition) is 3. The summed E-state index contributed by atoms with van der Waals surface area (Å²) in [6, 6.07) is 11.5. The van der Waals surface area contributed by atoms with E-state index in [0.717, 1.165) is 17.0 Å². The van der Waals surface area contributed by atoms with Crippen LogP contribution in [0.25, 0.3) is 0 Å². The zero-order valence-corrected chi connectivity index (χ0v) is 12.1. The van der Waals surface area contributed by atoms with Crippen LogP contribution in [0.3, 0.4) is 0 Å². The molecule has 0 saturated carbocycles. The Morgan fingerprint density at radius 2 is 2.10 bits per heavy atom. The average molecular weight is 272 g/mol. The van der Waals surface area contributed by atoms with Gasteiger partial charge in [-0.3, -0.25) is 4.79 Å². The van der Waals surface area contributed by atoms with Crippen LogP contribution < -0.4 is 15.6 Å². The molecule has 0 fully saturated rings. The normalized spacial score (nSPS) is 11.9. The SMILES string of the molecule is CCn1cc(NC(C)c2cccc(OC)c2)ccc1=O. The van der Waals surface area contributed by atoms with Crippen molar-refractivity contribution in [1.82, 2.24) is 4.57 Å². The van der Waals surface area contributed by atoms with Gasteiger partial charge in [0.1, 0.15) is 5.75 Å². The molecule has 106 valence electrons. The summed E-state index contributed by atoms with van der Waals surface area (Å²) in [4.78, 5) is 11.6. The number of benzene rings is 1. The molecule has 1 N–H and O–H groups in total. The molecule has 0 aliphatic rings. The number of methoxy groups -OCH3 is 1. The second-order valence-corrected chi connectivity index (χ2v) is 4.68. The van der Waals surface area contributed by atoms with E-state index in [4.69, 9.17) is 4.74 Å². The summed E-state index contributed by atoms with van der Waals surface area (Å²) in [6.07, 6.45) is 1.85. The van der Waals surface area contributed by atoms with Crippen molar-refractivity contribution in [3.05, 3.63) is 58.5 Å². The molecule has 1 atom stereocenters. The van der Waals surface area contributed by atoms with Gasteiger partial charge in [0.15, 0.2) is 0 Å². The van der Waals surface area contributed by atoms with Crippen molar-refractivity contribution < 1.29 is 4.74 Å². The Bertz CT molecular complexity index is 634. The van der Waals surface area contributed by atoms with Gasteiger partial charge in [0, 0.05) is 24.8 Å². The summed E-state index contributed by atoms with van der Waals surface area (Å²) in [5.74, 6) is 0.842. The van der Waals surface area contributed by atoms with Gasteiger partial charge in [0.25, 0.3) is 5.56 Å². The van der Waals surface area contributed by atoms with E-state index in [2.05, 4.69) is 18.3 Å². The third kappa shape index (κ3) is 3.20. The molecule has 1 heterocycles. The number of aromatic nitrogens is 1. The number of ether oxygens (including phenoxy) is 1. The van der Waals surface area contributed by atoms with Gasteiger partial charge in [-0.15, -0.1) is 0 Å². The topological polar surface area (TPSA) is 43.3 Å². The van der Waals surface area contributed by atoms with Crippen LogP contribution in [0.15, 0.2) is 47.4 Å². The number of rotatable bonds is 5. The molecule has 20 heavy (non-hydrogen) atoms. The second kappa shape index (κ2) is 6.28. The molecule has 0 spiro atoms. The summed E-state index contributed by atoms with van der Waals surface area (Å²) in [5, 5.41) is 3.40. The Labute approximate surface area is 119 Å². The van der Waals surface area contributed by atoms with Crippen molar-refractivity contribution in [2.24, 2.45) is 0 Å². The lowest BCUT2D eigenvalue weighted by Crippen LogP contribution is -2.18. The first-order valence-electron chi connectivity index (χ1n) is 6.75. The fourth-order valence-corrected chi connectivity index (χ4v) is 2.11. The van der Waals surface area contributed by atoms with Crippen LogP contribution in [0, 0.1) is 0 Å². The number of aryl methyl sites for hydroxylation is 1. The second-order valence-electron chi connectivity index (χ2n) is 4.68. The molecule has 4 nitrogen and oxygen atoms in total. The van der Waals surface area contributed by atoms with Crippen molar-refractivity contribution in [1.29, 1.82) is 0 Å². The van der Waals surface area contributed by atoms with E-state index in [-0.39, 0.29) is 11.6 Å². The molecule has 2 aromatic rings. The summed E-state index contributed by atoms with van der Waals surface area (Å²) >= 11 is 0. The van der Waals surface area contributed by atoms with Crippen molar-refractivity contribution >= 4 is 5.69 Å². The van der Waals surface area contributed by atoms with E-state index in [1.807, 2.05) is 37.4 Å². The van der Waals surface area contributed by atoms with E-state index in [9.17, 15) is 4.79 Å². The summed E-state index contributed by atoms with van der Waals surface area (Å²) in [5.41, 5.74) is 2.09. The third-order valence-electron chi connectivity index (χ3n) is 3.30. The van der Waals surface area contributed by atoms with Crippen LogP contribution in [0.1, 0.15) is 25.5 Å². The third-order valence-corrected chi connectivity index (χ3v) is 3.30. The minimum absolute atomic E-state index is 0.0204. The standard InChI is InChI=1S/C16H20N2O2/c1-4-18-11-14(8-9-16(18)19)17-12(2)13-6-5-7-15(10-13)20-3/h5-12,17H,4H2,1-3H3. The lowest BCUT2D eigenvalue weighted by molar-refractivity contribution is 0.414. The van der Waals surface area contributed by atoms with Crippen LogP contribution >= 0.6 is 0 Å². The molecule has 0 aliphatic carbocycles. The van der Waals surface area contributed by atoms with Crippen molar-refractivity contribution in [3.63, 3.8) is 0 Å². The molecule has 2 rings (SSSR count). The number of pyridine rings is 1. The van der Waals surface area contributed by atoms with Crippen molar-refractivity contribution in [2.45, 2.75) is 26.4 Å². The minimum Gasteiger partial charge on any atom is -0.497 e. The summed E-state index contributed by atoms with van der Waals surface area (Å²) in [7, 11) is 1.66. The van der Waals surface area contributed by atoms with Gasteiger partial charge in [-0.05, 0) is 37.6 Å². The fourth-order valence-electron chi connectivity index (χ4n) is 2.11. The first kappa shape index (κ1) is 14.2. The molecule has 0 amide bonds. The Balaban J connectivity index is 2.18. The highest BCUT2D eigenvalue weighted by Crippen LogP contribution is 2.22. The van der Waals surface area contributed by atoms with Crippen molar-refractivity contribution in [2.75, 3.05) is 12.4 Å². The number of nitrogens with one attached hydrogen (secondary N) is 1. The Kier molecular flexibility index (Phi) is 4.45. The smallest absolute Gasteiger partial charge is 0.250 e. The largest absolute Gasteiger partial charge is 0.497 e. The maximum absolute atomic E-state index is 11.6. The monoisotopic (exact) mass is 272 g/mol. The maximum atomic E-state index is 11.6. The van der Waals surface area contributed by atoms with Crippen LogP contribution in [0.2, 0.25) is 0 Å². The molecule has 0 radical (unpaired) electrons. The summed E-state index contributed by atoms with van der Waals surface area (Å²) < 4.78 is 6.92. The maximum Gasteiger partial charge on any atom is 0.250 e. The van der Waals surface area contributed by atoms with Gasteiger partial charge in [0.2, 0.25) is 0 Å². The highest BCUT2D eigenvalue weighted by Gasteiger charge is 2.07. The Morgan fingerprint density at radius 1 is 1.30 bits per heavy atom. The molecule has 1 unspecified atom stereocenters. The van der Waals surface area contributed by atoms with E-state index < -0.39 is 0 Å². The lowest BCUT2D eigenvalue weighted by Gasteiger charge is -2.17. The van der Waals surface area contributed by atoms with E-state index >= 15 is 0 Å². The Morgan fingerprint density at radius 3 is 2.80 bits per heavy atom. The van der Waals surface area contributed by atoms with Gasteiger partial charge in [-0.25, -0.2) is 0 Å². The Hall–Kier alpha value is -2.23. The number of nitrogens with zero attached hydrogens (tertiary/aromatic N) is 1. The van der Waals surface area contributed by atoms with Gasteiger partial charge in [-0.2, -0.15) is 0 Å². The number of anilines is 1. The van der Waals surface area contributed by atoms with E-state index in [0.29, 0.717) is 6.54 Å². The highest BCUT2D eigenvalue weighted by molar-refractivity contribution is 5.44. The molecule has 1 aromatic carbocycles. The average Bonchev–Trinajstić information content (AvgIpc) is 2.49. The zero-order valence-electron chi connectivity index (χ0n) is 12.1. The molecular weight excluding hydrogens is 252 g/mol. The van der Waals surface area contributed by atoms with E-state index in [1.165, 1.54) is 0 Å².